The summed E-state index contributed by atoms with van der Waals surface area (Å²) in [6, 6.07) is 18.9. The van der Waals surface area contributed by atoms with Crippen LogP contribution in [0.5, 0.6) is 0 Å². The minimum atomic E-state index is -2.42. The van der Waals surface area contributed by atoms with Crippen LogP contribution in [0.15, 0.2) is 73.1 Å². The Morgan fingerprint density at radius 2 is 1.75 bits per heavy atom. The summed E-state index contributed by atoms with van der Waals surface area (Å²) in [5, 5.41) is 3.82. The van der Waals surface area contributed by atoms with Crippen LogP contribution in [-0.2, 0) is 11.3 Å². The van der Waals surface area contributed by atoms with E-state index in [2.05, 4.69) is 21.2 Å². The van der Waals surface area contributed by atoms with E-state index in [0.29, 0.717) is 39.1 Å². The molecule has 2 heterocycles. The number of nitrogens with one attached hydrogen (secondary N) is 1. The molecule has 10 heteroatoms. The number of hydrogen-bond donors (Lipinski definition) is 2. The van der Waals surface area contributed by atoms with E-state index in [9.17, 15) is 18.4 Å². The van der Waals surface area contributed by atoms with Crippen molar-refractivity contribution >= 4 is 51.2 Å². The van der Waals surface area contributed by atoms with Gasteiger partial charge in [0.1, 0.15) is 12.1 Å². The molecule has 4 aromatic rings. The zero-order chi connectivity index (χ0) is 25.2. The minimum Gasteiger partial charge on any atom is -0.340 e. The lowest BCUT2D eigenvalue weighted by Gasteiger charge is -2.23. The quantitative estimate of drug-likeness (QED) is 0.228. The lowest BCUT2D eigenvalue weighted by atomic mass is 10.1. The van der Waals surface area contributed by atoms with E-state index in [-0.39, 0.29) is 13.1 Å². The van der Waals surface area contributed by atoms with Gasteiger partial charge in [0.05, 0.1) is 28.9 Å². The molecule has 9 nitrogen and oxygen atoms in total. The standard InChI is InChI=1S/C26H19N5O4S/c1-2-17-6-5-7-18(14-17)29-24-22-15-19(10-11-23(22)27-16-28-24)31(36(34)35)13-12-30-25(32)20-8-3-4-9-21(20)26(30)33/h1,3-11,14-16H,12-13H2,(H,34,35)(H,27,28,29). The molecule has 2 N–H and O–H groups in total. The molecule has 0 fully saturated rings. The van der Waals surface area contributed by atoms with Gasteiger partial charge in [0.25, 0.3) is 23.1 Å². The molecule has 5 rings (SSSR count). The predicted molar refractivity (Wildman–Crippen MR) is 137 cm³/mol. The van der Waals surface area contributed by atoms with Gasteiger partial charge in [0.15, 0.2) is 0 Å². The summed E-state index contributed by atoms with van der Waals surface area (Å²) < 4.78 is 23.5. The number of fused-ring (bicyclic) bond motifs is 2. The van der Waals surface area contributed by atoms with Gasteiger partial charge in [-0.25, -0.2) is 14.2 Å². The van der Waals surface area contributed by atoms with Crippen molar-refractivity contribution < 1.29 is 18.4 Å². The lowest BCUT2D eigenvalue weighted by Crippen LogP contribution is -2.39. The zero-order valence-electron chi connectivity index (χ0n) is 18.8. The maximum atomic E-state index is 12.7. The van der Waals surface area contributed by atoms with Crippen LogP contribution >= 0.6 is 0 Å². The van der Waals surface area contributed by atoms with Crippen LogP contribution in [0.3, 0.4) is 0 Å². The molecule has 0 bridgehead atoms. The number of carbonyl (C=O) groups is 2. The Labute approximate surface area is 209 Å². The Morgan fingerprint density at radius 1 is 1.00 bits per heavy atom. The molecule has 1 aliphatic rings. The summed E-state index contributed by atoms with van der Waals surface area (Å²) in [7, 11) is 0. The van der Waals surface area contributed by atoms with Gasteiger partial charge in [-0.1, -0.05) is 24.1 Å². The molecule has 36 heavy (non-hydrogen) atoms. The van der Waals surface area contributed by atoms with Gasteiger partial charge in [0, 0.05) is 23.2 Å². The second kappa shape index (κ2) is 9.58. The monoisotopic (exact) mass is 497 g/mol. The molecule has 0 aliphatic carbocycles. The van der Waals surface area contributed by atoms with Crippen LogP contribution < -0.4 is 9.62 Å². The average Bonchev–Trinajstić information content (AvgIpc) is 3.14. The number of anilines is 3. The van der Waals surface area contributed by atoms with E-state index in [1.165, 1.54) is 10.6 Å². The highest BCUT2D eigenvalue weighted by Crippen LogP contribution is 2.29. The first-order valence-corrected chi connectivity index (χ1v) is 11.9. The van der Waals surface area contributed by atoms with Crippen LogP contribution in [-0.4, -0.2) is 48.5 Å². The SMILES string of the molecule is C#Cc1cccc(Nc2ncnc3ccc(N(CCN4C(=O)c5ccccc5C4=O)S(=O)O)cc23)c1. The topological polar surface area (TPSA) is 116 Å². The number of carbonyl (C=O) groups excluding carboxylic acids is 2. The highest BCUT2D eigenvalue weighted by atomic mass is 32.2. The third kappa shape index (κ3) is 4.29. The molecule has 2 amide bonds. The summed E-state index contributed by atoms with van der Waals surface area (Å²) in [6.07, 6.45) is 6.91. The minimum absolute atomic E-state index is 0.0548. The smallest absolute Gasteiger partial charge is 0.261 e. The van der Waals surface area contributed by atoms with Gasteiger partial charge >= 0.3 is 0 Å². The van der Waals surface area contributed by atoms with Crippen molar-refractivity contribution in [1.82, 2.24) is 14.9 Å². The average molecular weight is 498 g/mol. The highest BCUT2D eigenvalue weighted by molar-refractivity contribution is 7.80. The predicted octanol–water partition coefficient (Wildman–Crippen LogP) is 3.59. The second-order valence-corrected chi connectivity index (χ2v) is 8.82. The zero-order valence-corrected chi connectivity index (χ0v) is 19.6. The van der Waals surface area contributed by atoms with Gasteiger partial charge in [-0.3, -0.25) is 23.3 Å². The first-order chi connectivity index (χ1) is 17.5. The maximum Gasteiger partial charge on any atom is 0.261 e. The molecule has 0 saturated heterocycles. The largest absolute Gasteiger partial charge is 0.340 e. The fraction of sp³-hybridized carbons (Fsp3) is 0.0769. The van der Waals surface area contributed by atoms with E-state index in [4.69, 9.17) is 6.42 Å². The number of terminal acetylenes is 1. The van der Waals surface area contributed by atoms with Crippen LogP contribution in [0.2, 0.25) is 0 Å². The van der Waals surface area contributed by atoms with Crippen molar-refractivity contribution in [2.75, 3.05) is 22.7 Å². The Kier molecular flexibility index (Phi) is 6.16. The van der Waals surface area contributed by atoms with Crippen LogP contribution in [0.1, 0.15) is 26.3 Å². The molecule has 0 radical (unpaired) electrons. The first kappa shape index (κ1) is 23.2. The Hall–Kier alpha value is -4.59. The molecule has 1 unspecified atom stereocenters. The van der Waals surface area contributed by atoms with E-state index >= 15 is 0 Å². The number of rotatable bonds is 7. The Balaban J connectivity index is 1.42. The third-order valence-electron chi connectivity index (χ3n) is 5.79. The highest BCUT2D eigenvalue weighted by Gasteiger charge is 2.35. The van der Waals surface area contributed by atoms with Gasteiger partial charge in [-0.2, -0.15) is 0 Å². The summed E-state index contributed by atoms with van der Waals surface area (Å²) >= 11 is -2.42. The van der Waals surface area contributed by atoms with Gasteiger partial charge in [-0.05, 0) is 48.5 Å². The Bertz CT molecular complexity index is 1550. The van der Waals surface area contributed by atoms with Gasteiger partial charge in [0.2, 0.25) is 0 Å². The fourth-order valence-electron chi connectivity index (χ4n) is 4.05. The van der Waals surface area contributed by atoms with E-state index < -0.39 is 23.1 Å². The van der Waals surface area contributed by atoms with Gasteiger partial charge in [-0.15, -0.1) is 6.42 Å². The molecule has 0 saturated carbocycles. The van der Waals surface area contributed by atoms with Crippen molar-refractivity contribution in [3.63, 3.8) is 0 Å². The molecule has 0 spiro atoms. The number of aromatic nitrogens is 2. The van der Waals surface area contributed by atoms with Crippen molar-refractivity contribution in [3.8, 4) is 12.3 Å². The van der Waals surface area contributed by atoms with Crippen molar-refractivity contribution in [1.29, 1.82) is 0 Å². The molecule has 178 valence electrons. The molecular formula is C26H19N5O4S. The summed E-state index contributed by atoms with van der Waals surface area (Å²) in [5.41, 5.74) is 3.10. The van der Waals surface area contributed by atoms with Crippen LogP contribution in [0, 0.1) is 12.3 Å². The fourth-order valence-corrected chi connectivity index (χ4v) is 4.58. The van der Waals surface area contributed by atoms with Crippen LogP contribution in [0.4, 0.5) is 17.2 Å². The number of nitrogens with zero attached hydrogens (tertiary/aromatic N) is 4. The Morgan fingerprint density at radius 3 is 2.44 bits per heavy atom. The first-order valence-electron chi connectivity index (χ1n) is 10.9. The van der Waals surface area contributed by atoms with E-state index in [1.807, 2.05) is 18.2 Å². The summed E-state index contributed by atoms with van der Waals surface area (Å²) in [5.74, 6) is 2.22. The molecule has 1 aliphatic heterocycles. The second-order valence-electron chi connectivity index (χ2n) is 7.91. The van der Waals surface area contributed by atoms with E-state index in [0.717, 1.165) is 10.6 Å². The van der Waals surface area contributed by atoms with Crippen LogP contribution in [0.25, 0.3) is 10.9 Å². The van der Waals surface area contributed by atoms with Gasteiger partial charge < -0.3 is 5.32 Å². The number of hydrogen-bond acceptors (Lipinski definition) is 6. The maximum absolute atomic E-state index is 12.7. The number of imide groups is 1. The summed E-state index contributed by atoms with van der Waals surface area (Å²) in [6.45, 7) is -0.118. The molecule has 1 aromatic heterocycles. The molecule has 3 aromatic carbocycles. The molecular weight excluding hydrogens is 478 g/mol. The molecule has 1 atom stereocenters. The normalized spacial score (nSPS) is 13.4. The van der Waals surface area contributed by atoms with Crippen molar-refractivity contribution in [2.24, 2.45) is 0 Å². The number of amides is 2. The summed E-state index contributed by atoms with van der Waals surface area (Å²) in [4.78, 5) is 35.0. The van der Waals surface area contributed by atoms with Crippen molar-refractivity contribution in [3.05, 3.63) is 89.7 Å². The lowest BCUT2D eigenvalue weighted by molar-refractivity contribution is 0.0659. The van der Waals surface area contributed by atoms with E-state index in [1.54, 1.807) is 48.5 Å². The van der Waals surface area contributed by atoms with Crippen molar-refractivity contribution in [2.45, 2.75) is 0 Å². The third-order valence-corrected chi connectivity index (χ3v) is 6.56. The number of benzene rings is 3.